The van der Waals surface area contributed by atoms with Crippen LogP contribution in [0.15, 0.2) is 41.0 Å². The van der Waals surface area contributed by atoms with E-state index in [1.165, 1.54) is 24.4 Å². The SMILES string of the molecule is O=C(O)c1cccc(NC(=O)c2cc(Br)cnc2Cl)c1. The smallest absolute Gasteiger partial charge is 0.335 e. The summed E-state index contributed by atoms with van der Waals surface area (Å²) >= 11 is 9.05. The molecule has 7 heteroatoms. The van der Waals surface area contributed by atoms with Crippen molar-refractivity contribution in [2.24, 2.45) is 0 Å². The van der Waals surface area contributed by atoms with E-state index >= 15 is 0 Å². The Morgan fingerprint density at radius 2 is 2.05 bits per heavy atom. The van der Waals surface area contributed by atoms with Crippen LogP contribution in [0.5, 0.6) is 0 Å². The van der Waals surface area contributed by atoms with E-state index in [0.717, 1.165) is 0 Å². The molecule has 1 amide bonds. The molecule has 5 nitrogen and oxygen atoms in total. The molecular formula is C13H8BrClN2O3. The zero-order chi connectivity index (χ0) is 14.7. The van der Waals surface area contributed by atoms with Gasteiger partial charge in [0.15, 0.2) is 0 Å². The summed E-state index contributed by atoms with van der Waals surface area (Å²) in [7, 11) is 0. The second-order valence-corrected chi connectivity index (χ2v) is 5.11. The number of rotatable bonds is 3. The summed E-state index contributed by atoms with van der Waals surface area (Å²) in [6, 6.07) is 7.46. The summed E-state index contributed by atoms with van der Waals surface area (Å²) in [6.07, 6.45) is 1.48. The van der Waals surface area contributed by atoms with Crippen LogP contribution in [-0.2, 0) is 0 Å². The Balaban J connectivity index is 2.25. The van der Waals surface area contributed by atoms with E-state index in [1.807, 2.05) is 0 Å². The van der Waals surface area contributed by atoms with Gasteiger partial charge in [0.2, 0.25) is 0 Å². The number of nitrogens with one attached hydrogen (secondary N) is 1. The van der Waals surface area contributed by atoms with Gasteiger partial charge in [0.1, 0.15) is 5.15 Å². The second-order valence-electron chi connectivity index (χ2n) is 3.83. The van der Waals surface area contributed by atoms with E-state index in [4.69, 9.17) is 16.7 Å². The predicted molar refractivity (Wildman–Crippen MR) is 78.3 cm³/mol. The van der Waals surface area contributed by atoms with E-state index < -0.39 is 11.9 Å². The summed E-state index contributed by atoms with van der Waals surface area (Å²) in [5.41, 5.74) is 0.647. The minimum absolute atomic E-state index is 0.0695. The van der Waals surface area contributed by atoms with E-state index in [-0.39, 0.29) is 16.3 Å². The molecule has 1 heterocycles. The number of anilines is 1. The number of halogens is 2. The first-order chi connectivity index (χ1) is 9.47. The lowest BCUT2D eigenvalue weighted by molar-refractivity contribution is 0.0696. The fourth-order valence-corrected chi connectivity index (χ4v) is 2.03. The number of benzene rings is 1. The van der Waals surface area contributed by atoms with Crippen LogP contribution in [0.2, 0.25) is 5.15 Å². The van der Waals surface area contributed by atoms with Gasteiger partial charge in [0.25, 0.3) is 5.91 Å². The highest BCUT2D eigenvalue weighted by molar-refractivity contribution is 9.10. The Kier molecular flexibility index (Phi) is 4.36. The molecule has 2 N–H and O–H groups in total. The normalized spacial score (nSPS) is 10.1. The summed E-state index contributed by atoms with van der Waals surface area (Å²) < 4.78 is 0.617. The lowest BCUT2D eigenvalue weighted by Gasteiger charge is -2.07. The summed E-state index contributed by atoms with van der Waals surface area (Å²) in [5, 5.41) is 11.5. The average Bonchev–Trinajstić information content (AvgIpc) is 2.41. The van der Waals surface area contributed by atoms with Crippen molar-refractivity contribution in [2.75, 3.05) is 5.32 Å². The number of carbonyl (C=O) groups is 2. The highest BCUT2D eigenvalue weighted by atomic mass is 79.9. The molecule has 0 bridgehead atoms. The first kappa shape index (κ1) is 14.5. The number of pyridine rings is 1. The third kappa shape index (κ3) is 3.34. The zero-order valence-corrected chi connectivity index (χ0v) is 12.3. The molecule has 0 aliphatic heterocycles. The molecular weight excluding hydrogens is 348 g/mol. The largest absolute Gasteiger partial charge is 0.478 e. The van der Waals surface area contributed by atoms with E-state index in [9.17, 15) is 9.59 Å². The average molecular weight is 356 g/mol. The van der Waals surface area contributed by atoms with Gasteiger partial charge in [-0.15, -0.1) is 0 Å². The summed E-state index contributed by atoms with van der Waals surface area (Å²) in [4.78, 5) is 26.8. The molecule has 102 valence electrons. The Morgan fingerprint density at radius 1 is 1.30 bits per heavy atom. The van der Waals surface area contributed by atoms with Crippen LogP contribution in [0.4, 0.5) is 5.69 Å². The molecule has 1 aromatic carbocycles. The van der Waals surface area contributed by atoms with Crippen molar-refractivity contribution in [2.45, 2.75) is 0 Å². The molecule has 0 saturated heterocycles. The highest BCUT2D eigenvalue weighted by Gasteiger charge is 2.13. The highest BCUT2D eigenvalue weighted by Crippen LogP contribution is 2.20. The lowest BCUT2D eigenvalue weighted by atomic mass is 10.2. The van der Waals surface area contributed by atoms with Gasteiger partial charge in [-0.05, 0) is 40.2 Å². The van der Waals surface area contributed by atoms with Gasteiger partial charge in [-0.2, -0.15) is 0 Å². The Labute approximate surface area is 127 Å². The van der Waals surface area contributed by atoms with Gasteiger partial charge in [0, 0.05) is 16.4 Å². The monoisotopic (exact) mass is 354 g/mol. The van der Waals surface area contributed by atoms with E-state index in [0.29, 0.717) is 10.2 Å². The van der Waals surface area contributed by atoms with Crippen molar-refractivity contribution in [3.8, 4) is 0 Å². The predicted octanol–water partition coefficient (Wildman–Crippen LogP) is 3.45. The van der Waals surface area contributed by atoms with Crippen LogP contribution >= 0.6 is 27.5 Å². The van der Waals surface area contributed by atoms with E-state index in [1.54, 1.807) is 12.1 Å². The molecule has 0 atom stereocenters. The molecule has 0 aliphatic rings. The fourth-order valence-electron chi connectivity index (χ4n) is 1.51. The fraction of sp³-hybridized carbons (Fsp3) is 0. The number of carbonyl (C=O) groups excluding carboxylic acids is 1. The molecule has 0 spiro atoms. The Bertz CT molecular complexity index is 691. The maximum atomic E-state index is 12.1. The number of hydrogen-bond donors (Lipinski definition) is 2. The van der Waals surface area contributed by atoms with Gasteiger partial charge in [-0.1, -0.05) is 17.7 Å². The van der Waals surface area contributed by atoms with Crippen LogP contribution in [-0.4, -0.2) is 22.0 Å². The third-order valence-electron chi connectivity index (χ3n) is 2.42. The standard InChI is InChI=1S/C13H8BrClN2O3/c14-8-5-10(11(15)16-6-8)12(18)17-9-3-1-2-7(4-9)13(19)20/h1-6H,(H,17,18)(H,19,20). The number of carboxylic acid groups (broad SMARTS) is 1. The number of hydrogen-bond acceptors (Lipinski definition) is 3. The second kappa shape index (κ2) is 6.02. The van der Waals surface area contributed by atoms with Crippen LogP contribution in [0.1, 0.15) is 20.7 Å². The maximum absolute atomic E-state index is 12.1. The first-order valence-corrected chi connectivity index (χ1v) is 6.60. The van der Waals surface area contributed by atoms with Crippen LogP contribution in [0.25, 0.3) is 0 Å². The Hall–Kier alpha value is -1.92. The van der Waals surface area contributed by atoms with Gasteiger partial charge < -0.3 is 10.4 Å². The maximum Gasteiger partial charge on any atom is 0.335 e. The van der Waals surface area contributed by atoms with Crippen LogP contribution < -0.4 is 5.32 Å². The molecule has 0 radical (unpaired) electrons. The number of carboxylic acids is 1. The zero-order valence-electron chi connectivity index (χ0n) is 9.93. The van der Waals surface area contributed by atoms with Crippen molar-refractivity contribution < 1.29 is 14.7 Å². The Morgan fingerprint density at radius 3 is 2.75 bits per heavy atom. The van der Waals surface area contributed by atoms with Gasteiger partial charge >= 0.3 is 5.97 Å². The minimum Gasteiger partial charge on any atom is -0.478 e. The van der Waals surface area contributed by atoms with Crippen molar-refractivity contribution in [1.82, 2.24) is 4.98 Å². The lowest BCUT2D eigenvalue weighted by Crippen LogP contribution is -2.13. The first-order valence-electron chi connectivity index (χ1n) is 5.43. The van der Waals surface area contributed by atoms with Crippen molar-refractivity contribution in [1.29, 1.82) is 0 Å². The molecule has 1 aromatic heterocycles. The van der Waals surface area contributed by atoms with Gasteiger partial charge in [-0.25, -0.2) is 9.78 Å². The number of amides is 1. The summed E-state index contributed by atoms with van der Waals surface area (Å²) in [5.74, 6) is -1.53. The number of aromatic nitrogens is 1. The molecule has 0 unspecified atom stereocenters. The molecule has 0 saturated carbocycles. The van der Waals surface area contributed by atoms with E-state index in [2.05, 4.69) is 26.2 Å². The quantitative estimate of drug-likeness (QED) is 0.827. The third-order valence-corrected chi connectivity index (χ3v) is 3.15. The topological polar surface area (TPSA) is 79.3 Å². The minimum atomic E-state index is -1.07. The molecule has 2 aromatic rings. The van der Waals surface area contributed by atoms with Crippen LogP contribution in [0.3, 0.4) is 0 Å². The van der Waals surface area contributed by atoms with Crippen molar-refractivity contribution in [3.63, 3.8) is 0 Å². The van der Waals surface area contributed by atoms with Gasteiger partial charge in [-0.3, -0.25) is 4.79 Å². The van der Waals surface area contributed by atoms with Crippen LogP contribution in [0, 0.1) is 0 Å². The molecule has 0 fully saturated rings. The number of aromatic carboxylic acids is 1. The van der Waals surface area contributed by atoms with Crippen molar-refractivity contribution in [3.05, 3.63) is 57.3 Å². The summed E-state index contributed by atoms with van der Waals surface area (Å²) in [6.45, 7) is 0. The number of nitrogens with zero attached hydrogens (tertiary/aromatic N) is 1. The van der Waals surface area contributed by atoms with Gasteiger partial charge in [0.05, 0.1) is 11.1 Å². The molecule has 0 aliphatic carbocycles. The molecule has 20 heavy (non-hydrogen) atoms. The molecule has 2 rings (SSSR count). The van der Waals surface area contributed by atoms with Crippen molar-refractivity contribution >= 4 is 45.1 Å².